The predicted molar refractivity (Wildman–Crippen MR) is 10.2 cm³/mol. The van der Waals surface area contributed by atoms with E-state index in [9.17, 15) is 4.39 Å². The molecule has 0 amide bonds. The van der Waals surface area contributed by atoms with Gasteiger partial charge in [0, 0.05) is 0 Å². The first-order chi connectivity index (χ1) is 1.73. The third kappa shape index (κ3) is 14.6. The van der Waals surface area contributed by atoms with Crippen molar-refractivity contribution in [1.29, 1.82) is 0 Å². The molecule has 0 aliphatic carbocycles. The van der Waals surface area contributed by atoms with Gasteiger partial charge in [-0.15, -0.1) is 0 Å². The Kier molecular flexibility index (Phi) is 2.43. The van der Waals surface area contributed by atoms with Crippen molar-refractivity contribution in [3.05, 3.63) is 9.22 Å². The van der Waals surface area contributed by atoms with Crippen LogP contribution in [-0.4, -0.2) is 0 Å². The van der Waals surface area contributed by atoms with Crippen LogP contribution in [0.1, 0.15) is 0 Å². The van der Waals surface area contributed by atoms with E-state index in [4.69, 9.17) is 0 Å². The molecule has 0 aromatic rings. The molecule has 0 fully saturated rings. The summed E-state index contributed by atoms with van der Waals surface area (Å²) in [5.41, 5.74) is 0. The van der Waals surface area contributed by atoms with E-state index in [1.54, 1.807) is 0 Å². The van der Waals surface area contributed by atoms with Gasteiger partial charge in [0.1, 0.15) is 0 Å². The van der Waals surface area contributed by atoms with Gasteiger partial charge in [-0.3, -0.25) is 0 Å². The summed E-state index contributed by atoms with van der Waals surface area (Å²) >= 11 is 0.540. The summed E-state index contributed by atoms with van der Waals surface area (Å²) in [4.78, 5) is 0. The average molecular weight is 134 g/mol. The van der Waals surface area contributed by atoms with Crippen LogP contribution in [0.25, 0.3) is 0 Å². The van der Waals surface area contributed by atoms with Gasteiger partial charge in [-0.05, 0) is 0 Å². The van der Waals surface area contributed by atoms with Gasteiger partial charge < -0.3 is 0 Å². The number of hydrogen-bond acceptors (Lipinski definition) is 0. The average Bonchev–Trinajstić information content (AvgIpc) is 0.811. The second-order valence-electron chi connectivity index (χ2n) is 0.447. The molecule has 0 aromatic heterocycles. The minimum absolute atomic E-state index is 0.203. The Morgan fingerprint density at radius 1 is 2.00 bits per heavy atom. The monoisotopic (exact) mass is 134 g/mol. The summed E-state index contributed by atoms with van der Waals surface area (Å²) in [5.74, 6) is 0. The van der Waals surface area contributed by atoms with E-state index < -0.39 is 0 Å². The normalized spacial score (nSPS) is 6.00. The fourth-order valence-electron chi connectivity index (χ4n) is 0. The summed E-state index contributed by atoms with van der Waals surface area (Å²) in [6.07, 6.45) is 0. The van der Waals surface area contributed by atoms with E-state index in [1.807, 2.05) is 0 Å². The Morgan fingerprint density at radius 2 is 2.00 bits per heavy atom. The Hall–Kier alpha value is 0.774. The van der Waals surface area contributed by atoms with Gasteiger partial charge in [0.05, 0.1) is 0 Å². The number of halogens is 1. The molecule has 20 valence electrons. The Labute approximate surface area is 44.5 Å². The van der Waals surface area contributed by atoms with Crippen LogP contribution in [0.2, 0.25) is 0 Å². The van der Waals surface area contributed by atoms with Crippen LogP contribution in [0.4, 0.5) is 4.39 Å². The van der Waals surface area contributed by atoms with Gasteiger partial charge in [0.25, 0.3) is 0 Å². The molecular formula is C2H2FY. The Morgan fingerprint density at radius 3 is 2.00 bits per heavy atom. The van der Waals surface area contributed by atoms with Crippen molar-refractivity contribution in [3.63, 3.8) is 0 Å². The second kappa shape index (κ2) is 2.04. The first-order valence-electron chi connectivity index (χ1n) is 0.831. The second-order valence-corrected chi connectivity index (χ2v) is 1.99. The molecule has 0 spiro atoms. The maximum absolute atomic E-state index is 10.9. The van der Waals surface area contributed by atoms with E-state index in [2.05, 4.69) is 6.58 Å². The summed E-state index contributed by atoms with van der Waals surface area (Å²) < 4.78 is 10.7. The third-order valence-corrected chi connectivity index (χ3v) is 0. The molecule has 0 saturated heterocycles. The zero-order valence-corrected chi connectivity index (χ0v) is 5.00. The number of rotatable bonds is 0. The van der Waals surface area contributed by atoms with Gasteiger partial charge in [0.15, 0.2) is 0 Å². The van der Waals surface area contributed by atoms with Crippen LogP contribution in [0.15, 0.2) is 9.22 Å². The van der Waals surface area contributed by atoms with Crippen molar-refractivity contribution < 1.29 is 35.3 Å². The minimum atomic E-state index is -0.203. The SMILES string of the molecule is C=[C](F)[Y]. The Bertz CT molecular complexity index is 29.0. The zero-order valence-electron chi connectivity index (χ0n) is 2.16. The van der Waals surface area contributed by atoms with Crippen LogP contribution >= 0.6 is 0 Å². The zero-order chi connectivity index (χ0) is 3.58. The molecule has 0 aromatic carbocycles. The number of hydrogen-bond donors (Lipinski definition) is 0. The summed E-state index contributed by atoms with van der Waals surface area (Å²) in [7, 11) is 0. The van der Waals surface area contributed by atoms with E-state index in [0.717, 1.165) is 0 Å². The molecule has 0 atom stereocenters. The molecule has 0 rings (SSSR count). The molecule has 0 radical (unpaired) electrons. The van der Waals surface area contributed by atoms with Crippen LogP contribution in [-0.2, 0) is 31.0 Å². The molecule has 0 heterocycles. The van der Waals surface area contributed by atoms with E-state index in [0.29, 0.717) is 31.0 Å². The van der Waals surface area contributed by atoms with Crippen molar-refractivity contribution in [3.8, 4) is 0 Å². The quantitative estimate of drug-likeness (QED) is 0.463. The maximum atomic E-state index is 10.9. The standard InChI is InChI=1S/C2H2F.Y/c1-2-3;/h1H2;. The van der Waals surface area contributed by atoms with E-state index in [-0.39, 0.29) is 2.64 Å². The first-order valence-corrected chi connectivity index (χ1v) is 2.25. The van der Waals surface area contributed by atoms with Gasteiger partial charge >= 0.3 is 44.6 Å². The van der Waals surface area contributed by atoms with Crippen molar-refractivity contribution in [2.24, 2.45) is 0 Å². The fourth-order valence-corrected chi connectivity index (χ4v) is 0. The van der Waals surface area contributed by atoms with Crippen LogP contribution in [0, 0.1) is 0 Å². The molecule has 0 bridgehead atoms. The summed E-state index contributed by atoms with van der Waals surface area (Å²) in [6.45, 7) is 2.95. The third-order valence-electron chi connectivity index (χ3n) is 0. The topological polar surface area (TPSA) is 0 Å². The molecular weight excluding hydrogens is 132 g/mol. The molecule has 0 unspecified atom stereocenters. The first kappa shape index (κ1) is 4.77. The van der Waals surface area contributed by atoms with E-state index in [1.165, 1.54) is 0 Å². The molecule has 0 aliphatic rings. The van der Waals surface area contributed by atoms with Crippen molar-refractivity contribution in [2.45, 2.75) is 0 Å². The summed E-state index contributed by atoms with van der Waals surface area (Å²) in [5, 5.41) is 0. The van der Waals surface area contributed by atoms with Crippen LogP contribution in [0.3, 0.4) is 0 Å². The predicted octanol–water partition coefficient (Wildman–Crippen LogP) is 0.974. The van der Waals surface area contributed by atoms with E-state index >= 15 is 0 Å². The summed E-state index contributed by atoms with van der Waals surface area (Å²) in [6, 6.07) is 0. The van der Waals surface area contributed by atoms with Gasteiger partial charge in [-0.25, -0.2) is 0 Å². The molecule has 0 saturated carbocycles. The van der Waals surface area contributed by atoms with Crippen molar-refractivity contribution in [1.82, 2.24) is 0 Å². The molecule has 4 heavy (non-hydrogen) atoms. The van der Waals surface area contributed by atoms with Crippen LogP contribution in [0.5, 0.6) is 0 Å². The molecule has 0 nitrogen and oxygen atoms in total. The van der Waals surface area contributed by atoms with Gasteiger partial charge in [0.2, 0.25) is 0 Å². The van der Waals surface area contributed by atoms with Crippen molar-refractivity contribution >= 4 is 0 Å². The molecule has 2 heteroatoms. The van der Waals surface area contributed by atoms with Crippen molar-refractivity contribution in [2.75, 3.05) is 0 Å². The van der Waals surface area contributed by atoms with Gasteiger partial charge in [-0.1, -0.05) is 0 Å². The van der Waals surface area contributed by atoms with Gasteiger partial charge in [-0.2, -0.15) is 0 Å². The Balaban J connectivity index is 2.80. The molecule has 0 N–H and O–H groups in total. The fraction of sp³-hybridized carbons (Fsp3) is 0. The van der Waals surface area contributed by atoms with Crippen LogP contribution < -0.4 is 0 Å². The molecule has 0 aliphatic heterocycles.